The number of benzene rings is 2. The summed E-state index contributed by atoms with van der Waals surface area (Å²) in [5.41, 5.74) is 1.07. The highest BCUT2D eigenvalue weighted by molar-refractivity contribution is 9.10. The third kappa shape index (κ3) is 2.42. The Morgan fingerprint density at radius 2 is 2.00 bits per heavy atom. The van der Waals surface area contributed by atoms with Gasteiger partial charge in [0, 0.05) is 16.1 Å². The predicted octanol–water partition coefficient (Wildman–Crippen LogP) is 4.01. The van der Waals surface area contributed by atoms with Crippen LogP contribution in [0, 0.1) is 5.82 Å². The van der Waals surface area contributed by atoms with E-state index in [4.69, 9.17) is 4.52 Å². The number of aromatic hydroxyl groups is 1. The summed E-state index contributed by atoms with van der Waals surface area (Å²) in [5, 5.41) is 13.5. The van der Waals surface area contributed by atoms with Crippen LogP contribution in [-0.4, -0.2) is 15.2 Å². The first-order valence-corrected chi connectivity index (χ1v) is 6.51. The lowest BCUT2D eigenvalue weighted by atomic mass is 10.2. The normalized spacial score (nSPS) is 10.7. The Morgan fingerprint density at radius 1 is 1.15 bits per heavy atom. The molecule has 0 aliphatic rings. The van der Waals surface area contributed by atoms with E-state index in [0.717, 1.165) is 16.1 Å². The van der Waals surface area contributed by atoms with Crippen LogP contribution in [0.5, 0.6) is 5.75 Å². The molecular formula is C14H8BrFN2O2. The van der Waals surface area contributed by atoms with E-state index in [9.17, 15) is 9.50 Å². The van der Waals surface area contributed by atoms with Crippen LogP contribution >= 0.6 is 15.9 Å². The largest absolute Gasteiger partial charge is 0.507 e. The van der Waals surface area contributed by atoms with E-state index in [0.29, 0.717) is 11.4 Å². The highest BCUT2D eigenvalue weighted by atomic mass is 79.9. The number of hydrogen-bond donors (Lipinski definition) is 1. The van der Waals surface area contributed by atoms with Gasteiger partial charge in [-0.2, -0.15) is 4.98 Å². The number of aromatic nitrogens is 2. The van der Waals surface area contributed by atoms with Gasteiger partial charge in [-0.05, 0) is 24.3 Å². The van der Waals surface area contributed by atoms with Crippen LogP contribution in [-0.2, 0) is 0 Å². The SMILES string of the molecule is Oc1cc(F)ccc1-c1nc(-c2cccc(Br)c2)no1. The number of rotatable bonds is 2. The van der Waals surface area contributed by atoms with Gasteiger partial charge in [-0.3, -0.25) is 0 Å². The van der Waals surface area contributed by atoms with Gasteiger partial charge in [-0.1, -0.05) is 33.2 Å². The van der Waals surface area contributed by atoms with Crippen molar-refractivity contribution in [1.82, 2.24) is 10.1 Å². The van der Waals surface area contributed by atoms with Gasteiger partial charge in [0.1, 0.15) is 11.6 Å². The number of phenols is 1. The Kier molecular flexibility index (Phi) is 3.23. The van der Waals surface area contributed by atoms with Crippen molar-refractivity contribution in [3.05, 3.63) is 52.8 Å². The summed E-state index contributed by atoms with van der Waals surface area (Å²) in [4.78, 5) is 4.20. The Bertz CT molecular complexity index is 773. The minimum atomic E-state index is -0.530. The monoisotopic (exact) mass is 334 g/mol. The summed E-state index contributed by atoms with van der Waals surface area (Å²) in [6.07, 6.45) is 0. The summed E-state index contributed by atoms with van der Waals surface area (Å²) >= 11 is 3.36. The second kappa shape index (κ2) is 5.05. The zero-order valence-corrected chi connectivity index (χ0v) is 11.6. The zero-order chi connectivity index (χ0) is 14.1. The van der Waals surface area contributed by atoms with Crippen LogP contribution in [0.2, 0.25) is 0 Å². The van der Waals surface area contributed by atoms with Gasteiger partial charge in [0.15, 0.2) is 0 Å². The molecule has 100 valence electrons. The molecule has 2 aromatic carbocycles. The molecule has 3 aromatic rings. The van der Waals surface area contributed by atoms with Crippen molar-refractivity contribution < 1.29 is 14.0 Å². The summed E-state index contributed by atoms with van der Waals surface area (Å²) in [7, 11) is 0. The van der Waals surface area contributed by atoms with Gasteiger partial charge in [0.2, 0.25) is 5.82 Å². The first-order chi connectivity index (χ1) is 9.63. The lowest BCUT2D eigenvalue weighted by molar-refractivity contribution is 0.425. The van der Waals surface area contributed by atoms with Gasteiger partial charge in [-0.15, -0.1) is 0 Å². The molecule has 0 atom stereocenters. The first kappa shape index (κ1) is 12.8. The number of phenolic OH excluding ortho intramolecular Hbond substituents is 1. The van der Waals surface area contributed by atoms with Gasteiger partial charge in [0.05, 0.1) is 5.56 Å². The van der Waals surface area contributed by atoms with Crippen LogP contribution in [0.4, 0.5) is 4.39 Å². The molecule has 20 heavy (non-hydrogen) atoms. The molecule has 3 rings (SSSR count). The molecule has 0 spiro atoms. The molecular weight excluding hydrogens is 327 g/mol. The van der Waals surface area contributed by atoms with Crippen molar-refractivity contribution in [2.24, 2.45) is 0 Å². The number of halogens is 2. The number of nitrogens with zero attached hydrogens (tertiary/aromatic N) is 2. The highest BCUT2D eigenvalue weighted by Gasteiger charge is 2.14. The standard InChI is InChI=1S/C14H8BrFN2O2/c15-9-3-1-2-8(6-9)13-17-14(20-18-13)11-5-4-10(16)7-12(11)19/h1-7,19H. The van der Waals surface area contributed by atoms with Crippen molar-refractivity contribution in [2.75, 3.05) is 0 Å². The lowest BCUT2D eigenvalue weighted by Gasteiger charge is -1.98. The van der Waals surface area contributed by atoms with Crippen LogP contribution < -0.4 is 0 Å². The Hall–Kier alpha value is -2.21. The second-order valence-electron chi connectivity index (χ2n) is 4.09. The van der Waals surface area contributed by atoms with Crippen LogP contribution in [0.25, 0.3) is 22.8 Å². The van der Waals surface area contributed by atoms with Crippen molar-refractivity contribution in [2.45, 2.75) is 0 Å². The van der Waals surface area contributed by atoms with Crippen LogP contribution in [0.3, 0.4) is 0 Å². The molecule has 0 aliphatic carbocycles. The topological polar surface area (TPSA) is 59.2 Å². The molecule has 0 aliphatic heterocycles. The Morgan fingerprint density at radius 3 is 2.75 bits per heavy atom. The summed E-state index contributed by atoms with van der Waals surface area (Å²) in [6.45, 7) is 0. The predicted molar refractivity (Wildman–Crippen MR) is 74.5 cm³/mol. The summed E-state index contributed by atoms with van der Waals surface area (Å²) in [6, 6.07) is 11.0. The summed E-state index contributed by atoms with van der Waals surface area (Å²) in [5.74, 6) is -0.241. The zero-order valence-electron chi connectivity index (χ0n) is 10.0. The molecule has 0 fully saturated rings. The average Bonchev–Trinajstić information content (AvgIpc) is 2.88. The van der Waals surface area contributed by atoms with E-state index in [-0.39, 0.29) is 11.6 Å². The van der Waals surface area contributed by atoms with E-state index in [2.05, 4.69) is 26.1 Å². The minimum absolute atomic E-state index is 0.137. The lowest BCUT2D eigenvalue weighted by Crippen LogP contribution is -1.83. The van der Waals surface area contributed by atoms with Gasteiger partial charge >= 0.3 is 0 Å². The first-order valence-electron chi connectivity index (χ1n) is 5.72. The van der Waals surface area contributed by atoms with E-state index in [1.54, 1.807) is 0 Å². The fourth-order valence-electron chi connectivity index (χ4n) is 1.76. The Labute approximate surface area is 122 Å². The highest BCUT2D eigenvalue weighted by Crippen LogP contribution is 2.30. The van der Waals surface area contributed by atoms with Gasteiger partial charge in [0.25, 0.3) is 5.89 Å². The van der Waals surface area contributed by atoms with E-state index in [1.807, 2.05) is 24.3 Å². The molecule has 0 radical (unpaired) electrons. The molecule has 0 saturated carbocycles. The smallest absolute Gasteiger partial charge is 0.262 e. The van der Waals surface area contributed by atoms with Gasteiger partial charge < -0.3 is 9.63 Å². The molecule has 0 saturated heterocycles. The second-order valence-corrected chi connectivity index (χ2v) is 5.01. The molecule has 4 nitrogen and oxygen atoms in total. The van der Waals surface area contributed by atoms with Crippen LogP contribution in [0.15, 0.2) is 51.5 Å². The fourth-order valence-corrected chi connectivity index (χ4v) is 2.16. The average molecular weight is 335 g/mol. The molecule has 6 heteroatoms. The fraction of sp³-hybridized carbons (Fsp3) is 0. The molecule has 1 N–H and O–H groups in total. The molecule has 0 amide bonds. The minimum Gasteiger partial charge on any atom is -0.507 e. The third-order valence-electron chi connectivity index (χ3n) is 2.70. The van der Waals surface area contributed by atoms with Crippen LogP contribution in [0.1, 0.15) is 0 Å². The maximum Gasteiger partial charge on any atom is 0.262 e. The van der Waals surface area contributed by atoms with Crippen molar-refractivity contribution in [3.63, 3.8) is 0 Å². The molecule has 1 heterocycles. The van der Waals surface area contributed by atoms with E-state index >= 15 is 0 Å². The maximum absolute atomic E-state index is 12.9. The van der Waals surface area contributed by atoms with E-state index in [1.165, 1.54) is 12.1 Å². The maximum atomic E-state index is 12.9. The quantitative estimate of drug-likeness (QED) is 0.769. The third-order valence-corrected chi connectivity index (χ3v) is 3.19. The van der Waals surface area contributed by atoms with Gasteiger partial charge in [-0.25, -0.2) is 4.39 Å². The molecule has 0 bridgehead atoms. The molecule has 0 unspecified atom stereocenters. The molecule has 1 aromatic heterocycles. The number of hydrogen-bond acceptors (Lipinski definition) is 4. The Balaban J connectivity index is 2.02. The van der Waals surface area contributed by atoms with Crippen molar-refractivity contribution in [3.8, 4) is 28.6 Å². The van der Waals surface area contributed by atoms with E-state index < -0.39 is 5.82 Å². The van der Waals surface area contributed by atoms with Crippen molar-refractivity contribution in [1.29, 1.82) is 0 Å². The van der Waals surface area contributed by atoms with Crippen molar-refractivity contribution >= 4 is 15.9 Å². The summed E-state index contributed by atoms with van der Waals surface area (Å²) < 4.78 is 18.9.